The number of sulfonamides is 1. The molecule has 0 aliphatic heterocycles. The van der Waals surface area contributed by atoms with Gasteiger partial charge in [-0.3, -0.25) is 13.9 Å². The molecule has 210 valence electrons. The topological polar surface area (TPSA) is 86.8 Å². The van der Waals surface area contributed by atoms with Crippen molar-refractivity contribution in [2.45, 2.75) is 65.5 Å². The van der Waals surface area contributed by atoms with Crippen molar-refractivity contribution in [2.24, 2.45) is 0 Å². The van der Waals surface area contributed by atoms with Crippen molar-refractivity contribution in [3.05, 3.63) is 62.6 Å². The van der Waals surface area contributed by atoms with E-state index in [2.05, 4.69) is 5.32 Å². The van der Waals surface area contributed by atoms with Crippen LogP contribution in [0.3, 0.4) is 0 Å². The van der Waals surface area contributed by atoms with Crippen LogP contribution in [0.1, 0.15) is 57.1 Å². The van der Waals surface area contributed by atoms with Crippen molar-refractivity contribution in [1.82, 2.24) is 10.2 Å². The summed E-state index contributed by atoms with van der Waals surface area (Å²) < 4.78 is 26.4. The lowest BCUT2D eigenvalue weighted by Crippen LogP contribution is -2.49. The second-order valence-corrected chi connectivity index (χ2v) is 12.2. The predicted octanol–water partition coefficient (Wildman–Crippen LogP) is 6.23. The number of nitrogens with zero attached hydrogens (tertiary/aromatic N) is 2. The number of nitrogens with one attached hydrogen (secondary N) is 1. The van der Waals surface area contributed by atoms with Crippen molar-refractivity contribution in [3.8, 4) is 0 Å². The van der Waals surface area contributed by atoms with E-state index in [1.807, 2.05) is 13.8 Å². The molecule has 0 aromatic heterocycles. The molecule has 0 saturated heterocycles. The third-order valence-corrected chi connectivity index (χ3v) is 8.56. The summed E-state index contributed by atoms with van der Waals surface area (Å²) in [5.74, 6) is -0.542. The fourth-order valence-corrected chi connectivity index (χ4v) is 5.83. The Morgan fingerprint density at radius 2 is 1.58 bits per heavy atom. The molecule has 2 rings (SSSR count). The van der Waals surface area contributed by atoms with Crippen LogP contribution in [-0.2, 0) is 26.2 Å². The number of carbonyl (C=O) groups is 2. The zero-order valence-electron chi connectivity index (χ0n) is 22.3. The second kappa shape index (κ2) is 15.0. The van der Waals surface area contributed by atoms with Crippen LogP contribution in [0.2, 0.25) is 15.1 Å². The SMILES string of the molecule is CCCCNC(=O)[C@@H](CC)N(Cc1c(Cl)cccc1Cl)C(=O)CCCN(c1cccc(Cl)c1C)S(C)(=O)=O. The van der Waals surface area contributed by atoms with Gasteiger partial charge in [-0.25, -0.2) is 8.42 Å². The van der Waals surface area contributed by atoms with E-state index >= 15 is 0 Å². The highest BCUT2D eigenvalue weighted by molar-refractivity contribution is 7.92. The molecule has 11 heteroatoms. The number of hydrogen-bond donors (Lipinski definition) is 1. The quantitative estimate of drug-likeness (QED) is 0.259. The molecule has 2 aromatic rings. The van der Waals surface area contributed by atoms with E-state index in [0.29, 0.717) is 44.8 Å². The smallest absolute Gasteiger partial charge is 0.242 e. The van der Waals surface area contributed by atoms with E-state index in [1.165, 1.54) is 9.21 Å². The molecule has 2 aromatic carbocycles. The number of benzene rings is 2. The zero-order chi connectivity index (χ0) is 28.5. The van der Waals surface area contributed by atoms with Crippen LogP contribution in [0.15, 0.2) is 36.4 Å². The lowest BCUT2D eigenvalue weighted by molar-refractivity contribution is -0.141. The summed E-state index contributed by atoms with van der Waals surface area (Å²) in [6.07, 6.45) is 3.52. The van der Waals surface area contributed by atoms with E-state index in [1.54, 1.807) is 43.3 Å². The maximum atomic E-state index is 13.6. The fourth-order valence-electron chi connectivity index (χ4n) is 4.13. The highest BCUT2D eigenvalue weighted by Crippen LogP contribution is 2.29. The minimum Gasteiger partial charge on any atom is -0.354 e. The van der Waals surface area contributed by atoms with Crippen molar-refractivity contribution in [2.75, 3.05) is 23.7 Å². The summed E-state index contributed by atoms with van der Waals surface area (Å²) >= 11 is 19.0. The minimum absolute atomic E-state index is 0.0203. The molecule has 1 atom stereocenters. The number of unbranched alkanes of at least 4 members (excludes halogenated alkanes) is 1. The first-order valence-corrected chi connectivity index (χ1v) is 15.6. The average molecular weight is 605 g/mol. The Morgan fingerprint density at radius 1 is 0.974 bits per heavy atom. The molecule has 0 radical (unpaired) electrons. The van der Waals surface area contributed by atoms with Gasteiger partial charge in [-0.2, -0.15) is 0 Å². The predicted molar refractivity (Wildman–Crippen MR) is 157 cm³/mol. The molecule has 0 spiro atoms. The van der Waals surface area contributed by atoms with Crippen LogP contribution in [-0.4, -0.2) is 50.5 Å². The second-order valence-electron chi connectivity index (χ2n) is 9.11. The molecule has 7 nitrogen and oxygen atoms in total. The number of amides is 2. The largest absolute Gasteiger partial charge is 0.354 e. The molecular formula is C27H36Cl3N3O4S. The number of halogens is 3. The Kier molecular flexibility index (Phi) is 12.7. The van der Waals surface area contributed by atoms with Crippen LogP contribution in [0.5, 0.6) is 0 Å². The van der Waals surface area contributed by atoms with E-state index in [0.717, 1.165) is 19.1 Å². The minimum atomic E-state index is -3.63. The van der Waals surface area contributed by atoms with Gasteiger partial charge in [0.25, 0.3) is 0 Å². The first-order chi connectivity index (χ1) is 17.9. The monoisotopic (exact) mass is 603 g/mol. The van der Waals surface area contributed by atoms with Gasteiger partial charge < -0.3 is 10.2 Å². The Bertz CT molecular complexity index is 1200. The number of hydrogen-bond acceptors (Lipinski definition) is 4. The van der Waals surface area contributed by atoms with Crippen molar-refractivity contribution < 1.29 is 18.0 Å². The van der Waals surface area contributed by atoms with Crippen LogP contribution in [0.25, 0.3) is 0 Å². The summed E-state index contributed by atoms with van der Waals surface area (Å²) in [4.78, 5) is 28.1. The molecule has 0 saturated carbocycles. The van der Waals surface area contributed by atoms with Gasteiger partial charge in [0.05, 0.1) is 11.9 Å². The first kappa shape index (κ1) is 32.2. The summed E-state index contributed by atoms with van der Waals surface area (Å²) in [6, 6.07) is 9.42. The Hall–Kier alpha value is -2.00. The maximum absolute atomic E-state index is 13.6. The molecule has 0 aliphatic rings. The lowest BCUT2D eigenvalue weighted by Gasteiger charge is -2.31. The zero-order valence-corrected chi connectivity index (χ0v) is 25.4. The van der Waals surface area contributed by atoms with E-state index in [4.69, 9.17) is 34.8 Å². The third-order valence-electron chi connectivity index (χ3n) is 6.27. The van der Waals surface area contributed by atoms with Gasteiger partial charge in [-0.1, -0.05) is 67.2 Å². The summed E-state index contributed by atoms with van der Waals surface area (Å²) in [7, 11) is -3.63. The van der Waals surface area contributed by atoms with Crippen molar-refractivity contribution >= 4 is 62.3 Å². The number of rotatable bonds is 14. The summed E-state index contributed by atoms with van der Waals surface area (Å²) in [6.45, 7) is 6.27. The molecule has 0 heterocycles. The normalized spacial score (nSPS) is 12.2. The maximum Gasteiger partial charge on any atom is 0.242 e. The molecular weight excluding hydrogens is 569 g/mol. The van der Waals surface area contributed by atoms with Crippen molar-refractivity contribution in [1.29, 1.82) is 0 Å². The standard InChI is InChI=1S/C27H36Cl3N3O4S/c1-5-7-16-31-27(35)24(6-2)32(18-20-22(29)12-8-13-23(20)30)26(34)15-10-17-33(38(4,36)37)25-14-9-11-21(28)19(25)3/h8-9,11-14,24H,5-7,10,15-18H2,1-4H3,(H,31,35)/t24-/m1/s1. The van der Waals surface area contributed by atoms with E-state index < -0.39 is 16.1 Å². The molecule has 0 fully saturated rings. The third kappa shape index (κ3) is 8.76. The van der Waals surface area contributed by atoms with Crippen LogP contribution in [0, 0.1) is 6.92 Å². The number of carbonyl (C=O) groups excluding carboxylic acids is 2. The van der Waals surface area contributed by atoms with E-state index in [-0.39, 0.29) is 37.7 Å². The van der Waals surface area contributed by atoms with Gasteiger partial charge in [-0.05, 0) is 56.0 Å². The number of anilines is 1. The van der Waals surface area contributed by atoms with Crippen LogP contribution in [0.4, 0.5) is 5.69 Å². The highest BCUT2D eigenvalue weighted by Gasteiger charge is 2.30. The van der Waals surface area contributed by atoms with Gasteiger partial charge in [0, 0.05) is 46.7 Å². The fraction of sp³-hybridized carbons (Fsp3) is 0.481. The average Bonchev–Trinajstić information content (AvgIpc) is 2.85. The summed E-state index contributed by atoms with van der Waals surface area (Å²) in [5.41, 5.74) is 1.65. The molecule has 2 amide bonds. The van der Waals surface area contributed by atoms with Crippen LogP contribution < -0.4 is 9.62 Å². The Labute approximate surface area is 241 Å². The molecule has 0 bridgehead atoms. The van der Waals surface area contributed by atoms with Gasteiger partial charge in [0.2, 0.25) is 21.8 Å². The molecule has 1 N–H and O–H groups in total. The van der Waals surface area contributed by atoms with Crippen LogP contribution >= 0.6 is 34.8 Å². The van der Waals surface area contributed by atoms with E-state index in [9.17, 15) is 18.0 Å². The molecule has 0 unspecified atom stereocenters. The molecule has 0 aliphatic carbocycles. The lowest BCUT2D eigenvalue weighted by atomic mass is 10.1. The summed E-state index contributed by atoms with van der Waals surface area (Å²) in [5, 5.41) is 4.17. The first-order valence-electron chi connectivity index (χ1n) is 12.6. The van der Waals surface area contributed by atoms with Gasteiger partial charge >= 0.3 is 0 Å². The van der Waals surface area contributed by atoms with Gasteiger partial charge in [-0.15, -0.1) is 0 Å². The Morgan fingerprint density at radius 3 is 2.16 bits per heavy atom. The Balaban J connectivity index is 2.29. The van der Waals surface area contributed by atoms with Gasteiger partial charge in [0.15, 0.2) is 0 Å². The highest BCUT2D eigenvalue weighted by atomic mass is 35.5. The van der Waals surface area contributed by atoms with Crippen molar-refractivity contribution in [3.63, 3.8) is 0 Å². The van der Waals surface area contributed by atoms with Gasteiger partial charge in [0.1, 0.15) is 6.04 Å². The molecule has 38 heavy (non-hydrogen) atoms.